The van der Waals surface area contributed by atoms with Gasteiger partial charge in [-0.1, -0.05) is 35.9 Å². The van der Waals surface area contributed by atoms with E-state index in [2.05, 4.69) is 21.4 Å². The Morgan fingerprint density at radius 2 is 1.90 bits per heavy atom. The Kier molecular flexibility index (Phi) is 5.10. The van der Waals surface area contributed by atoms with Crippen molar-refractivity contribution < 1.29 is 8.78 Å². The summed E-state index contributed by atoms with van der Waals surface area (Å²) in [5.74, 6) is 3.69. The van der Waals surface area contributed by atoms with Crippen LogP contribution in [0.4, 0.5) is 8.78 Å². The molecule has 2 rings (SSSR count). The summed E-state index contributed by atoms with van der Waals surface area (Å²) in [7, 11) is 0. The molecule has 2 nitrogen and oxygen atoms in total. The van der Waals surface area contributed by atoms with E-state index in [-0.39, 0.29) is 10.5 Å². The highest BCUT2D eigenvalue weighted by Crippen LogP contribution is 2.30. The summed E-state index contributed by atoms with van der Waals surface area (Å²) >= 11 is 9.16. The Bertz CT molecular complexity index is 622. The molecule has 0 amide bonds. The van der Waals surface area contributed by atoms with Crippen molar-refractivity contribution in [2.45, 2.75) is 12.5 Å². The van der Waals surface area contributed by atoms with Crippen LogP contribution in [0.3, 0.4) is 0 Å². The molecule has 0 saturated carbocycles. The van der Waals surface area contributed by atoms with Gasteiger partial charge in [0.15, 0.2) is 11.6 Å². The minimum atomic E-state index is -0.929. The molecule has 0 radical (unpaired) electrons. The monoisotopic (exact) mass is 360 g/mol. The highest BCUT2D eigenvalue weighted by atomic mass is 79.9. The summed E-state index contributed by atoms with van der Waals surface area (Å²) in [6.45, 7) is 0. The summed E-state index contributed by atoms with van der Waals surface area (Å²) in [4.78, 5) is 0. The van der Waals surface area contributed by atoms with Crippen molar-refractivity contribution in [3.8, 4) is 0 Å². The number of nitrogens with one attached hydrogen (secondary N) is 1. The van der Waals surface area contributed by atoms with Crippen LogP contribution in [0.2, 0.25) is 5.02 Å². The lowest BCUT2D eigenvalue weighted by molar-refractivity contribution is 0.491. The summed E-state index contributed by atoms with van der Waals surface area (Å²) in [5.41, 5.74) is 4.01. The minimum Gasteiger partial charge on any atom is -0.271 e. The van der Waals surface area contributed by atoms with E-state index in [0.717, 1.165) is 11.6 Å². The number of benzene rings is 2. The molecule has 20 heavy (non-hydrogen) atoms. The molecule has 0 aliphatic carbocycles. The number of hydrogen-bond donors (Lipinski definition) is 2. The van der Waals surface area contributed by atoms with Crippen LogP contribution in [0.1, 0.15) is 17.2 Å². The van der Waals surface area contributed by atoms with Gasteiger partial charge in [-0.15, -0.1) is 0 Å². The minimum absolute atomic E-state index is 0.0625. The zero-order chi connectivity index (χ0) is 14.7. The number of rotatable bonds is 4. The number of hydrazine groups is 1. The van der Waals surface area contributed by atoms with Crippen molar-refractivity contribution in [2.24, 2.45) is 5.84 Å². The molecule has 0 bridgehead atoms. The molecule has 1 atom stereocenters. The molecule has 2 aromatic rings. The third-order valence-electron chi connectivity index (χ3n) is 3.02. The van der Waals surface area contributed by atoms with Crippen LogP contribution in [0.5, 0.6) is 0 Å². The summed E-state index contributed by atoms with van der Waals surface area (Å²) in [6.07, 6.45) is 0.458. The van der Waals surface area contributed by atoms with Gasteiger partial charge in [0.05, 0.1) is 10.5 Å². The van der Waals surface area contributed by atoms with Crippen molar-refractivity contribution >= 4 is 27.5 Å². The number of halogens is 4. The Labute approximate surface area is 129 Å². The van der Waals surface area contributed by atoms with Gasteiger partial charge < -0.3 is 0 Å². The third kappa shape index (κ3) is 3.17. The van der Waals surface area contributed by atoms with Crippen LogP contribution in [-0.4, -0.2) is 0 Å². The largest absolute Gasteiger partial charge is 0.271 e. The zero-order valence-electron chi connectivity index (χ0n) is 10.3. The molecule has 3 N–H and O–H groups in total. The molecule has 0 spiro atoms. The van der Waals surface area contributed by atoms with Gasteiger partial charge >= 0.3 is 0 Å². The normalized spacial score (nSPS) is 12.4. The van der Waals surface area contributed by atoms with Gasteiger partial charge in [0.25, 0.3) is 0 Å². The highest BCUT2D eigenvalue weighted by molar-refractivity contribution is 9.10. The summed E-state index contributed by atoms with van der Waals surface area (Å²) in [5, 5.41) is 0.603. The molecule has 0 saturated heterocycles. The summed E-state index contributed by atoms with van der Waals surface area (Å²) in [6, 6.07) is 9.49. The number of nitrogens with two attached hydrogens (primary N) is 1. The predicted octanol–water partition coefficient (Wildman–Crippen LogP) is 4.13. The van der Waals surface area contributed by atoms with Crippen LogP contribution in [-0.2, 0) is 6.42 Å². The van der Waals surface area contributed by atoms with Gasteiger partial charge in [0.2, 0.25) is 0 Å². The molecule has 0 aliphatic heterocycles. The maximum absolute atomic E-state index is 13.6. The number of hydrogen-bond acceptors (Lipinski definition) is 2. The molecular weight excluding hydrogens is 350 g/mol. The third-order valence-corrected chi connectivity index (χ3v) is 4.20. The van der Waals surface area contributed by atoms with E-state index in [1.165, 1.54) is 6.07 Å². The van der Waals surface area contributed by atoms with Crippen molar-refractivity contribution in [2.75, 3.05) is 0 Å². The van der Waals surface area contributed by atoms with Crippen molar-refractivity contribution in [1.29, 1.82) is 0 Å². The first-order chi connectivity index (χ1) is 9.54. The first-order valence-electron chi connectivity index (χ1n) is 5.87. The predicted molar refractivity (Wildman–Crippen MR) is 79.3 cm³/mol. The second-order valence-corrected chi connectivity index (χ2v) is 5.48. The molecule has 0 aromatic heterocycles. The van der Waals surface area contributed by atoms with Crippen molar-refractivity contribution in [1.82, 2.24) is 5.43 Å². The van der Waals surface area contributed by atoms with Gasteiger partial charge in [0, 0.05) is 5.02 Å². The Balaban J connectivity index is 2.34. The van der Waals surface area contributed by atoms with E-state index < -0.39 is 11.6 Å². The highest BCUT2D eigenvalue weighted by Gasteiger charge is 2.19. The first-order valence-corrected chi connectivity index (χ1v) is 7.04. The second-order valence-electron chi connectivity index (χ2n) is 4.28. The Morgan fingerprint density at radius 3 is 2.55 bits per heavy atom. The van der Waals surface area contributed by atoms with Gasteiger partial charge in [-0.25, -0.2) is 8.78 Å². The summed E-state index contributed by atoms with van der Waals surface area (Å²) < 4.78 is 26.8. The fourth-order valence-corrected chi connectivity index (χ4v) is 2.76. The average Bonchev–Trinajstić information content (AvgIpc) is 2.45. The molecule has 106 valence electrons. The lowest BCUT2D eigenvalue weighted by Crippen LogP contribution is -2.30. The molecule has 1 unspecified atom stereocenters. The average molecular weight is 362 g/mol. The molecule has 2 aromatic carbocycles. The van der Waals surface area contributed by atoms with Crippen LogP contribution >= 0.6 is 27.5 Å². The van der Waals surface area contributed by atoms with Crippen LogP contribution in [0.15, 0.2) is 40.9 Å². The van der Waals surface area contributed by atoms with Crippen molar-refractivity contribution in [3.63, 3.8) is 0 Å². The Morgan fingerprint density at radius 1 is 1.20 bits per heavy atom. The lowest BCUT2D eigenvalue weighted by Gasteiger charge is -2.19. The molecule has 6 heteroatoms. The Hall–Kier alpha value is -1.01. The van der Waals surface area contributed by atoms with Gasteiger partial charge in [0.1, 0.15) is 0 Å². The SMILES string of the molecule is NNC(Cc1ccccc1Cl)c1ccc(F)c(F)c1Br. The van der Waals surface area contributed by atoms with Gasteiger partial charge in [-0.2, -0.15) is 0 Å². The van der Waals surface area contributed by atoms with E-state index in [0.29, 0.717) is 17.0 Å². The molecule has 0 heterocycles. The molecule has 0 aliphatic rings. The van der Waals surface area contributed by atoms with E-state index in [1.807, 2.05) is 18.2 Å². The molecule has 0 fully saturated rings. The standard InChI is InChI=1S/C14H12BrClF2N2/c15-13-9(5-6-11(17)14(13)18)12(20-19)7-8-3-1-2-4-10(8)16/h1-6,12,20H,7,19H2. The molecular formula is C14H12BrClF2N2. The van der Waals surface area contributed by atoms with E-state index in [1.54, 1.807) is 6.07 Å². The maximum Gasteiger partial charge on any atom is 0.173 e. The van der Waals surface area contributed by atoms with Gasteiger partial charge in [-0.3, -0.25) is 11.3 Å². The quantitative estimate of drug-likeness (QED) is 0.488. The van der Waals surface area contributed by atoms with Crippen LogP contribution in [0, 0.1) is 11.6 Å². The fraction of sp³-hybridized carbons (Fsp3) is 0.143. The zero-order valence-corrected chi connectivity index (χ0v) is 12.7. The van der Waals surface area contributed by atoms with Crippen molar-refractivity contribution in [3.05, 3.63) is 68.7 Å². The van der Waals surface area contributed by atoms with E-state index in [9.17, 15) is 8.78 Å². The van der Waals surface area contributed by atoms with E-state index in [4.69, 9.17) is 17.4 Å². The lowest BCUT2D eigenvalue weighted by atomic mass is 9.99. The van der Waals surface area contributed by atoms with Crippen LogP contribution < -0.4 is 11.3 Å². The first kappa shape index (κ1) is 15.4. The van der Waals surface area contributed by atoms with Crippen LogP contribution in [0.25, 0.3) is 0 Å². The van der Waals surface area contributed by atoms with Gasteiger partial charge in [-0.05, 0) is 45.6 Å². The second kappa shape index (κ2) is 6.63. The topological polar surface area (TPSA) is 38.0 Å². The smallest absolute Gasteiger partial charge is 0.173 e. The maximum atomic E-state index is 13.6. The fourth-order valence-electron chi connectivity index (χ4n) is 1.95. The van der Waals surface area contributed by atoms with E-state index >= 15 is 0 Å².